The minimum absolute atomic E-state index is 0.0735. The number of carbonyl (C=O) groups is 1. The molecule has 1 heterocycles. The van der Waals surface area contributed by atoms with Gasteiger partial charge in [0.15, 0.2) is 0 Å². The number of benzene rings is 2. The molecule has 25 heavy (non-hydrogen) atoms. The van der Waals surface area contributed by atoms with Crippen molar-refractivity contribution in [3.05, 3.63) is 71.3 Å². The summed E-state index contributed by atoms with van der Waals surface area (Å²) in [5, 5.41) is 3.13. The third kappa shape index (κ3) is 4.85. The lowest BCUT2D eigenvalue weighted by atomic mass is 9.99. The second-order valence-electron chi connectivity index (χ2n) is 6.94. The van der Waals surface area contributed by atoms with Gasteiger partial charge in [0.2, 0.25) is 0 Å². The van der Waals surface area contributed by atoms with E-state index in [2.05, 4.69) is 48.6 Å². The van der Waals surface area contributed by atoms with Gasteiger partial charge in [-0.2, -0.15) is 0 Å². The third-order valence-corrected chi connectivity index (χ3v) is 4.97. The van der Waals surface area contributed by atoms with Gasteiger partial charge < -0.3 is 10.2 Å². The first kappa shape index (κ1) is 17.5. The Labute approximate surface area is 151 Å². The van der Waals surface area contributed by atoms with Crippen LogP contribution in [0.1, 0.15) is 48.4 Å². The van der Waals surface area contributed by atoms with Crippen LogP contribution in [0.2, 0.25) is 0 Å². The summed E-state index contributed by atoms with van der Waals surface area (Å²) >= 11 is 0. The van der Waals surface area contributed by atoms with E-state index in [0.29, 0.717) is 6.54 Å². The lowest BCUT2D eigenvalue weighted by Crippen LogP contribution is -2.42. The number of nitrogens with zero attached hydrogens (tertiary/aromatic N) is 1. The van der Waals surface area contributed by atoms with E-state index in [9.17, 15) is 4.79 Å². The maximum atomic E-state index is 12.8. The van der Waals surface area contributed by atoms with Crippen molar-refractivity contribution >= 4 is 6.03 Å². The van der Waals surface area contributed by atoms with Gasteiger partial charge in [0.05, 0.1) is 6.04 Å². The van der Waals surface area contributed by atoms with Gasteiger partial charge in [-0.1, -0.05) is 73.0 Å². The van der Waals surface area contributed by atoms with Crippen molar-refractivity contribution in [1.82, 2.24) is 10.2 Å². The Morgan fingerprint density at radius 3 is 2.72 bits per heavy atom. The third-order valence-electron chi connectivity index (χ3n) is 4.97. The van der Waals surface area contributed by atoms with Gasteiger partial charge in [-0.3, -0.25) is 0 Å². The molecular formula is C22H28N2O. The number of hydrogen-bond acceptors (Lipinski definition) is 1. The Hall–Kier alpha value is -2.29. The zero-order valence-electron chi connectivity index (χ0n) is 15.1. The van der Waals surface area contributed by atoms with Crippen LogP contribution < -0.4 is 5.32 Å². The molecule has 2 amide bonds. The maximum Gasteiger partial charge on any atom is 0.317 e. The van der Waals surface area contributed by atoms with Crippen molar-refractivity contribution in [1.29, 1.82) is 0 Å². The summed E-state index contributed by atoms with van der Waals surface area (Å²) < 4.78 is 0. The van der Waals surface area contributed by atoms with Crippen LogP contribution in [0.4, 0.5) is 4.79 Å². The highest BCUT2D eigenvalue weighted by Crippen LogP contribution is 2.30. The van der Waals surface area contributed by atoms with Gasteiger partial charge in [-0.05, 0) is 37.3 Å². The number of urea groups is 1. The topological polar surface area (TPSA) is 32.3 Å². The number of amides is 2. The molecule has 3 rings (SSSR count). The lowest BCUT2D eigenvalue weighted by molar-refractivity contribution is 0.176. The zero-order valence-corrected chi connectivity index (χ0v) is 15.1. The molecule has 1 aliphatic rings. The van der Waals surface area contributed by atoms with Crippen molar-refractivity contribution in [2.75, 3.05) is 13.1 Å². The molecule has 0 radical (unpaired) electrons. The van der Waals surface area contributed by atoms with Crippen LogP contribution >= 0.6 is 0 Å². The molecule has 3 nitrogen and oxygen atoms in total. The molecular weight excluding hydrogens is 308 g/mol. The molecule has 2 aromatic rings. The van der Waals surface area contributed by atoms with E-state index < -0.39 is 0 Å². The predicted octanol–water partition coefficient (Wildman–Crippen LogP) is 4.86. The molecule has 132 valence electrons. The van der Waals surface area contributed by atoms with E-state index in [1.165, 1.54) is 29.5 Å². The second-order valence-corrected chi connectivity index (χ2v) is 6.94. The lowest BCUT2D eigenvalue weighted by Gasteiger charge is -2.31. The summed E-state index contributed by atoms with van der Waals surface area (Å²) in [6.45, 7) is 3.64. The Bertz CT molecular complexity index is 683. The van der Waals surface area contributed by atoms with Gasteiger partial charge in [0.1, 0.15) is 0 Å². The predicted molar refractivity (Wildman–Crippen MR) is 103 cm³/mol. The van der Waals surface area contributed by atoms with Crippen LogP contribution in [0.5, 0.6) is 0 Å². The minimum Gasteiger partial charge on any atom is -0.338 e. The largest absolute Gasteiger partial charge is 0.338 e. The maximum absolute atomic E-state index is 12.8. The number of rotatable bonds is 4. The van der Waals surface area contributed by atoms with Gasteiger partial charge in [0.25, 0.3) is 0 Å². The highest BCUT2D eigenvalue weighted by Gasteiger charge is 2.26. The Morgan fingerprint density at radius 1 is 1.08 bits per heavy atom. The first-order chi connectivity index (χ1) is 12.2. The first-order valence-corrected chi connectivity index (χ1v) is 9.39. The van der Waals surface area contributed by atoms with Crippen LogP contribution in [0.15, 0.2) is 54.6 Å². The monoisotopic (exact) mass is 336 g/mol. The average molecular weight is 336 g/mol. The van der Waals surface area contributed by atoms with Crippen LogP contribution in [0.3, 0.4) is 0 Å². The Morgan fingerprint density at radius 2 is 1.92 bits per heavy atom. The zero-order chi connectivity index (χ0) is 17.5. The molecule has 0 spiro atoms. The van der Waals surface area contributed by atoms with Crippen LogP contribution in [-0.2, 0) is 6.42 Å². The Balaban J connectivity index is 1.65. The molecule has 1 aliphatic heterocycles. The molecule has 3 heteroatoms. The van der Waals surface area contributed by atoms with Crippen molar-refractivity contribution in [2.45, 2.75) is 45.1 Å². The van der Waals surface area contributed by atoms with E-state index in [1.807, 2.05) is 23.1 Å². The summed E-state index contributed by atoms with van der Waals surface area (Å²) in [7, 11) is 0. The summed E-state index contributed by atoms with van der Waals surface area (Å²) in [4.78, 5) is 14.9. The average Bonchev–Trinajstić information content (AvgIpc) is 2.88. The minimum atomic E-state index is 0.0735. The molecule has 0 saturated carbocycles. The Kier molecular flexibility index (Phi) is 6.10. The van der Waals surface area contributed by atoms with Gasteiger partial charge >= 0.3 is 6.03 Å². The normalized spacial score (nSPS) is 17.8. The fourth-order valence-electron chi connectivity index (χ4n) is 3.64. The van der Waals surface area contributed by atoms with Crippen molar-refractivity contribution < 1.29 is 4.79 Å². The van der Waals surface area contributed by atoms with Crippen LogP contribution in [0, 0.1) is 6.92 Å². The van der Waals surface area contributed by atoms with Gasteiger partial charge in [-0.15, -0.1) is 0 Å². The van der Waals surface area contributed by atoms with Gasteiger partial charge in [-0.25, -0.2) is 4.79 Å². The fourth-order valence-corrected chi connectivity index (χ4v) is 3.64. The van der Waals surface area contributed by atoms with E-state index in [4.69, 9.17) is 0 Å². The first-order valence-electron chi connectivity index (χ1n) is 9.39. The van der Waals surface area contributed by atoms with E-state index in [0.717, 1.165) is 25.8 Å². The number of likely N-dealkylation sites (tertiary alicyclic amines) is 1. The van der Waals surface area contributed by atoms with Crippen molar-refractivity contribution in [3.8, 4) is 0 Å². The van der Waals surface area contributed by atoms with Crippen LogP contribution in [0.25, 0.3) is 0 Å². The molecule has 1 atom stereocenters. The molecule has 1 fully saturated rings. The molecule has 0 unspecified atom stereocenters. The van der Waals surface area contributed by atoms with Crippen molar-refractivity contribution in [3.63, 3.8) is 0 Å². The summed E-state index contributed by atoms with van der Waals surface area (Å²) in [5.41, 5.74) is 3.78. The second kappa shape index (κ2) is 8.70. The fraction of sp³-hybridized carbons (Fsp3) is 0.409. The van der Waals surface area contributed by atoms with Crippen molar-refractivity contribution in [2.24, 2.45) is 0 Å². The molecule has 0 aromatic heterocycles. The molecule has 1 saturated heterocycles. The summed E-state index contributed by atoms with van der Waals surface area (Å²) in [5.74, 6) is 0. The highest BCUT2D eigenvalue weighted by molar-refractivity contribution is 5.74. The number of carbonyl (C=O) groups excluding carboxylic acids is 1. The SMILES string of the molecule is Cc1cccc([C@H]2CCCCCN2C(=O)NCCc2ccccc2)c1. The molecule has 2 aromatic carbocycles. The van der Waals surface area contributed by atoms with Gasteiger partial charge in [0, 0.05) is 13.1 Å². The van der Waals surface area contributed by atoms with E-state index in [-0.39, 0.29) is 12.1 Å². The summed E-state index contributed by atoms with van der Waals surface area (Å²) in [6, 6.07) is 19.2. The smallest absolute Gasteiger partial charge is 0.317 e. The quantitative estimate of drug-likeness (QED) is 0.849. The molecule has 0 aliphatic carbocycles. The summed E-state index contributed by atoms with van der Waals surface area (Å²) in [6.07, 6.45) is 5.40. The number of nitrogens with one attached hydrogen (secondary N) is 1. The number of hydrogen-bond donors (Lipinski definition) is 1. The highest BCUT2D eigenvalue weighted by atomic mass is 16.2. The number of aryl methyl sites for hydroxylation is 1. The van der Waals surface area contributed by atoms with E-state index >= 15 is 0 Å². The van der Waals surface area contributed by atoms with Crippen LogP contribution in [-0.4, -0.2) is 24.0 Å². The standard InChI is InChI=1S/C22H28N2O/c1-18-9-8-12-20(17-18)21-13-6-3-7-16-24(21)22(25)23-15-14-19-10-4-2-5-11-19/h2,4-5,8-12,17,21H,3,6-7,13-16H2,1H3,(H,23,25)/t21-/m1/s1. The van der Waals surface area contributed by atoms with E-state index in [1.54, 1.807) is 0 Å². The molecule has 0 bridgehead atoms. The molecule has 1 N–H and O–H groups in total.